The summed E-state index contributed by atoms with van der Waals surface area (Å²) in [5.74, 6) is 1.05. The van der Waals surface area contributed by atoms with Gasteiger partial charge in [-0.15, -0.1) is 11.8 Å². The molecule has 7 heteroatoms. The molecule has 0 amide bonds. The van der Waals surface area contributed by atoms with E-state index in [4.69, 9.17) is 9.47 Å². The lowest BCUT2D eigenvalue weighted by Gasteiger charge is -2.21. The van der Waals surface area contributed by atoms with Crippen LogP contribution >= 0.6 is 11.8 Å². The molecule has 0 atom stereocenters. The molecular formula is C17H19NO4S2. The third kappa shape index (κ3) is 3.53. The van der Waals surface area contributed by atoms with Crippen molar-refractivity contribution >= 4 is 21.8 Å². The van der Waals surface area contributed by atoms with Crippen LogP contribution < -0.4 is 9.47 Å². The monoisotopic (exact) mass is 365 g/mol. The molecule has 0 aliphatic carbocycles. The van der Waals surface area contributed by atoms with E-state index < -0.39 is 10.0 Å². The van der Waals surface area contributed by atoms with Crippen molar-refractivity contribution in [3.05, 3.63) is 48.0 Å². The molecule has 0 fully saturated rings. The Kier molecular flexibility index (Phi) is 5.03. The minimum atomic E-state index is -3.59. The second-order valence-corrected chi connectivity index (χ2v) is 8.34. The number of rotatable bonds is 5. The van der Waals surface area contributed by atoms with Crippen LogP contribution in [-0.2, 0) is 16.6 Å². The van der Waals surface area contributed by atoms with Crippen molar-refractivity contribution in [2.45, 2.75) is 16.3 Å². The van der Waals surface area contributed by atoms with Crippen molar-refractivity contribution in [1.82, 2.24) is 4.31 Å². The predicted octanol–water partition coefficient (Wildman–Crippen LogP) is 3.00. The van der Waals surface area contributed by atoms with Crippen molar-refractivity contribution in [1.29, 1.82) is 0 Å². The van der Waals surface area contributed by atoms with E-state index in [1.807, 2.05) is 30.5 Å². The molecule has 0 saturated carbocycles. The molecule has 128 valence electrons. The molecule has 1 aliphatic rings. The molecule has 1 aliphatic heterocycles. The lowest BCUT2D eigenvalue weighted by molar-refractivity contribution is 0.171. The van der Waals surface area contributed by atoms with Gasteiger partial charge in [0.25, 0.3) is 0 Å². The van der Waals surface area contributed by atoms with Gasteiger partial charge >= 0.3 is 0 Å². The Morgan fingerprint density at radius 1 is 1.04 bits per heavy atom. The van der Waals surface area contributed by atoms with Crippen LogP contribution in [0.2, 0.25) is 0 Å². The number of fused-ring (bicyclic) bond motifs is 1. The molecule has 5 nitrogen and oxygen atoms in total. The van der Waals surface area contributed by atoms with Gasteiger partial charge in [-0.25, -0.2) is 8.42 Å². The highest BCUT2D eigenvalue weighted by Crippen LogP contribution is 2.33. The maximum Gasteiger partial charge on any atom is 0.243 e. The Bertz CT molecular complexity index is 819. The minimum Gasteiger partial charge on any atom is -0.486 e. The highest BCUT2D eigenvalue weighted by atomic mass is 32.2. The summed E-state index contributed by atoms with van der Waals surface area (Å²) >= 11 is 1.65. The number of nitrogens with zero attached hydrogens (tertiary/aromatic N) is 1. The van der Waals surface area contributed by atoms with Crippen LogP contribution in [0, 0.1) is 0 Å². The highest BCUT2D eigenvalue weighted by Gasteiger charge is 2.23. The SMILES string of the molecule is CSc1ccc(CN(C)S(=O)(=O)c2ccc3c(c2)OCCO3)cc1. The maximum absolute atomic E-state index is 12.8. The quantitative estimate of drug-likeness (QED) is 0.763. The Morgan fingerprint density at radius 2 is 1.71 bits per heavy atom. The van der Waals surface area contributed by atoms with E-state index in [0.29, 0.717) is 31.3 Å². The highest BCUT2D eigenvalue weighted by molar-refractivity contribution is 7.98. The predicted molar refractivity (Wildman–Crippen MR) is 94.3 cm³/mol. The van der Waals surface area contributed by atoms with Crippen LogP contribution in [0.5, 0.6) is 11.5 Å². The summed E-state index contributed by atoms with van der Waals surface area (Å²) < 4.78 is 37.8. The van der Waals surface area contributed by atoms with Crippen LogP contribution in [0.4, 0.5) is 0 Å². The molecular weight excluding hydrogens is 346 g/mol. The molecule has 0 saturated heterocycles. The summed E-state index contributed by atoms with van der Waals surface area (Å²) in [5.41, 5.74) is 0.941. The van der Waals surface area contributed by atoms with Crippen LogP contribution in [0.3, 0.4) is 0 Å². The fraction of sp³-hybridized carbons (Fsp3) is 0.294. The number of sulfonamides is 1. The van der Waals surface area contributed by atoms with Gasteiger partial charge in [-0.3, -0.25) is 0 Å². The first-order valence-electron chi connectivity index (χ1n) is 7.49. The first-order valence-corrected chi connectivity index (χ1v) is 10.2. The Balaban J connectivity index is 1.80. The third-order valence-corrected chi connectivity index (χ3v) is 6.33. The van der Waals surface area contributed by atoms with Crippen LogP contribution in [-0.4, -0.2) is 39.2 Å². The van der Waals surface area contributed by atoms with Gasteiger partial charge in [0.05, 0.1) is 4.90 Å². The summed E-state index contributed by atoms with van der Waals surface area (Å²) in [6.45, 7) is 1.21. The summed E-state index contributed by atoms with van der Waals surface area (Å²) in [7, 11) is -2.02. The molecule has 0 spiro atoms. The van der Waals surface area contributed by atoms with E-state index in [1.54, 1.807) is 30.9 Å². The molecule has 3 rings (SSSR count). The Hall–Kier alpha value is -1.70. The van der Waals surface area contributed by atoms with Gasteiger partial charge in [-0.1, -0.05) is 12.1 Å². The van der Waals surface area contributed by atoms with E-state index in [2.05, 4.69) is 0 Å². The van der Waals surface area contributed by atoms with Gasteiger partial charge in [0, 0.05) is 24.6 Å². The van der Waals surface area contributed by atoms with E-state index in [-0.39, 0.29) is 4.90 Å². The molecule has 0 radical (unpaired) electrons. The zero-order valence-corrected chi connectivity index (χ0v) is 15.2. The minimum absolute atomic E-state index is 0.204. The summed E-state index contributed by atoms with van der Waals surface area (Å²) in [4.78, 5) is 1.35. The second kappa shape index (κ2) is 7.04. The third-order valence-electron chi connectivity index (χ3n) is 3.79. The van der Waals surface area contributed by atoms with Gasteiger partial charge in [-0.2, -0.15) is 4.31 Å². The summed E-state index contributed by atoms with van der Waals surface area (Å²) in [5, 5.41) is 0. The lowest BCUT2D eigenvalue weighted by Crippen LogP contribution is -2.26. The van der Waals surface area contributed by atoms with Crippen molar-refractivity contribution < 1.29 is 17.9 Å². The van der Waals surface area contributed by atoms with Crippen molar-refractivity contribution in [3.63, 3.8) is 0 Å². The van der Waals surface area contributed by atoms with Gasteiger partial charge < -0.3 is 9.47 Å². The van der Waals surface area contributed by atoms with Crippen LogP contribution in [0.1, 0.15) is 5.56 Å². The molecule has 2 aromatic rings. The topological polar surface area (TPSA) is 55.8 Å². The van der Waals surface area contributed by atoms with Gasteiger partial charge in [0.2, 0.25) is 10.0 Å². The molecule has 0 bridgehead atoms. The lowest BCUT2D eigenvalue weighted by atomic mass is 10.2. The van der Waals surface area contributed by atoms with Gasteiger partial charge in [-0.05, 0) is 36.1 Å². The number of hydrogen-bond donors (Lipinski definition) is 0. The van der Waals surface area contributed by atoms with Gasteiger partial charge in [0.15, 0.2) is 11.5 Å². The van der Waals surface area contributed by atoms with E-state index in [1.165, 1.54) is 10.4 Å². The van der Waals surface area contributed by atoms with Crippen molar-refractivity contribution in [2.75, 3.05) is 26.5 Å². The molecule has 0 N–H and O–H groups in total. The summed E-state index contributed by atoms with van der Waals surface area (Å²) in [6, 6.07) is 12.6. The fourth-order valence-corrected chi connectivity index (χ4v) is 4.02. The zero-order valence-electron chi connectivity index (χ0n) is 13.6. The second-order valence-electron chi connectivity index (χ2n) is 5.41. The first kappa shape index (κ1) is 17.1. The molecule has 1 heterocycles. The zero-order chi connectivity index (χ0) is 17.2. The maximum atomic E-state index is 12.8. The fourth-order valence-electron chi connectivity index (χ4n) is 2.44. The van der Waals surface area contributed by atoms with E-state index in [0.717, 1.165) is 10.5 Å². The smallest absolute Gasteiger partial charge is 0.243 e. The number of ether oxygens (including phenoxy) is 2. The molecule has 0 aromatic heterocycles. The average Bonchev–Trinajstić information content (AvgIpc) is 2.61. The molecule has 0 unspecified atom stereocenters. The number of benzene rings is 2. The standard InChI is InChI=1S/C17H19NO4S2/c1-18(12-13-3-5-14(23-2)6-4-13)24(19,20)15-7-8-16-17(11-15)22-10-9-21-16/h3-8,11H,9-10,12H2,1-2H3. The Morgan fingerprint density at radius 3 is 2.38 bits per heavy atom. The largest absolute Gasteiger partial charge is 0.486 e. The van der Waals surface area contributed by atoms with Crippen molar-refractivity contribution in [3.8, 4) is 11.5 Å². The van der Waals surface area contributed by atoms with E-state index in [9.17, 15) is 8.42 Å². The summed E-state index contributed by atoms with van der Waals surface area (Å²) in [6.07, 6.45) is 2.01. The molecule has 24 heavy (non-hydrogen) atoms. The van der Waals surface area contributed by atoms with Crippen LogP contribution in [0.15, 0.2) is 52.3 Å². The Labute approximate surface area is 146 Å². The first-order chi connectivity index (χ1) is 11.5. The molecule has 2 aromatic carbocycles. The van der Waals surface area contributed by atoms with Crippen molar-refractivity contribution in [2.24, 2.45) is 0 Å². The average molecular weight is 365 g/mol. The van der Waals surface area contributed by atoms with Crippen LogP contribution in [0.25, 0.3) is 0 Å². The number of thioether (sulfide) groups is 1. The van der Waals surface area contributed by atoms with E-state index >= 15 is 0 Å². The van der Waals surface area contributed by atoms with Gasteiger partial charge in [0.1, 0.15) is 13.2 Å². The normalized spacial score (nSPS) is 14.0. The number of hydrogen-bond acceptors (Lipinski definition) is 5.